The maximum absolute atomic E-state index is 12.9. The molecule has 2 amide bonds. The Morgan fingerprint density at radius 2 is 1.84 bits per heavy atom. The summed E-state index contributed by atoms with van der Waals surface area (Å²) in [5, 5.41) is 5.76. The number of hydrogen-bond donors (Lipinski definition) is 3. The molecule has 194 valence electrons. The third-order valence-corrected chi connectivity index (χ3v) is 5.57. The quantitative estimate of drug-likeness (QED) is 0.421. The lowest BCUT2D eigenvalue weighted by Gasteiger charge is -2.17. The van der Waals surface area contributed by atoms with Gasteiger partial charge >= 0.3 is 6.18 Å². The van der Waals surface area contributed by atoms with Crippen LogP contribution in [0.2, 0.25) is 0 Å². The zero-order valence-electron chi connectivity index (χ0n) is 20.1. The zero-order chi connectivity index (χ0) is 26.7. The molecule has 4 N–H and O–H groups in total. The molecular formula is C25H25F3N6O3. The highest BCUT2D eigenvalue weighted by Gasteiger charge is 2.30. The number of aromatic nitrogens is 2. The summed E-state index contributed by atoms with van der Waals surface area (Å²) in [5.41, 5.74) is 6.04. The van der Waals surface area contributed by atoms with Crippen molar-refractivity contribution in [1.82, 2.24) is 20.2 Å². The van der Waals surface area contributed by atoms with Crippen molar-refractivity contribution in [3.63, 3.8) is 0 Å². The predicted molar refractivity (Wildman–Crippen MR) is 130 cm³/mol. The second-order valence-corrected chi connectivity index (χ2v) is 8.78. The summed E-state index contributed by atoms with van der Waals surface area (Å²) in [6, 6.07) is 10.4. The number of alkyl halides is 3. The van der Waals surface area contributed by atoms with Crippen LogP contribution in [0.25, 0.3) is 11.4 Å². The number of anilines is 1. The monoisotopic (exact) mass is 514 g/mol. The summed E-state index contributed by atoms with van der Waals surface area (Å²) in [6.45, 7) is 0.974. The lowest BCUT2D eigenvalue weighted by molar-refractivity contribution is -0.137. The van der Waals surface area contributed by atoms with Crippen LogP contribution in [0, 0.1) is 0 Å². The number of carbonyl (C=O) groups excluding carboxylic acids is 2. The fourth-order valence-corrected chi connectivity index (χ4v) is 3.85. The summed E-state index contributed by atoms with van der Waals surface area (Å²) in [5.74, 6) is 0.215. The lowest BCUT2D eigenvalue weighted by atomic mass is 10.1. The Balaban J connectivity index is 1.68. The summed E-state index contributed by atoms with van der Waals surface area (Å²) in [6.07, 6.45) is -3.88. The molecule has 1 atom stereocenters. The number of nitrogens with zero attached hydrogens (tertiary/aromatic N) is 3. The molecule has 0 saturated carbocycles. The molecule has 1 unspecified atom stereocenters. The van der Waals surface area contributed by atoms with Gasteiger partial charge in [-0.15, -0.1) is 0 Å². The number of nitrogens with one attached hydrogen (secondary N) is 2. The van der Waals surface area contributed by atoms with E-state index in [2.05, 4.69) is 20.6 Å². The van der Waals surface area contributed by atoms with E-state index in [-0.39, 0.29) is 29.0 Å². The van der Waals surface area contributed by atoms with E-state index < -0.39 is 23.7 Å². The normalized spacial score (nSPS) is 15.5. The minimum atomic E-state index is -4.44. The lowest BCUT2D eigenvalue weighted by Crippen LogP contribution is -2.30. The van der Waals surface area contributed by atoms with Gasteiger partial charge in [0.1, 0.15) is 29.1 Å². The largest absolute Gasteiger partial charge is 0.457 e. The molecule has 2 aromatic carbocycles. The van der Waals surface area contributed by atoms with Crippen molar-refractivity contribution in [1.29, 1.82) is 0 Å². The van der Waals surface area contributed by atoms with Gasteiger partial charge < -0.3 is 26.0 Å². The van der Waals surface area contributed by atoms with E-state index in [4.69, 9.17) is 10.5 Å². The van der Waals surface area contributed by atoms with Gasteiger partial charge in [0.2, 0.25) is 5.91 Å². The van der Waals surface area contributed by atoms with Crippen LogP contribution in [0.15, 0.2) is 48.5 Å². The Bertz CT molecular complexity index is 1310. The van der Waals surface area contributed by atoms with Crippen LogP contribution < -0.4 is 21.1 Å². The number of rotatable bonds is 8. The topological polar surface area (TPSA) is 122 Å². The number of primary amides is 1. The van der Waals surface area contributed by atoms with E-state index in [0.29, 0.717) is 30.8 Å². The Morgan fingerprint density at radius 3 is 2.43 bits per heavy atom. The third kappa shape index (κ3) is 6.33. The van der Waals surface area contributed by atoms with Crippen LogP contribution in [0.5, 0.6) is 11.5 Å². The first kappa shape index (κ1) is 25.9. The van der Waals surface area contributed by atoms with Crippen LogP contribution in [-0.2, 0) is 17.5 Å². The smallest absolute Gasteiger partial charge is 0.416 e. The maximum Gasteiger partial charge on any atom is 0.416 e. The van der Waals surface area contributed by atoms with Crippen molar-refractivity contribution in [2.75, 3.05) is 26.0 Å². The van der Waals surface area contributed by atoms with E-state index >= 15 is 0 Å². The Morgan fingerprint density at radius 1 is 1.14 bits per heavy atom. The van der Waals surface area contributed by atoms with Gasteiger partial charge in [-0.25, -0.2) is 9.97 Å². The average molecular weight is 515 g/mol. The van der Waals surface area contributed by atoms with Gasteiger partial charge in [0.05, 0.1) is 5.56 Å². The molecule has 9 nitrogen and oxygen atoms in total. The molecule has 0 radical (unpaired) electrons. The van der Waals surface area contributed by atoms with Gasteiger partial charge in [0, 0.05) is 24.7 Å². The summed E-state index contributed by atoms with van der Waals surface area (Å²) in [4.78, 5) is 34.7. The van der Waals surface area contributed by atoms with Crippen molar-refractivity contribution in [3.05, 3.63) is 65.4 Å². The van der Waals surface area contributed by atoms with E-state index in [1.807, 2.05) is 19.0 Å². The second kappa shape index (κ2) is 10.4. The summed E-state index contributed by atoms with van der Waals surface area (Å²) in [7, 11) is 3.72. The number of benzene rings is 2. The molecule has 2 heterocycles. The highest BCUT2D eigenvalue weighted by Crippen LogP contribution is 2.33. The van der Waals surface area contributed by atoms with Gasteiger partial charge in [0.25, 0.3) is 5.91 Å². The van der Waals surface area contributed by atoms with E-state index in [9.17, 15) is 22.8 Å². The first-order valence-corrected chi connectivity index (χ1v) is 11.4. The SMILES string of the molecule is CN(C)Cc1cc(Oc2ccc(C(F)(F)F)cc2)ccc1-c1nc(NC2CCNC2=O)cc(C(N)=O)n1. The summed E-state index contributed by atoms with van der Waals surface area (Å²) < 4.78 is 44.4. The molecule has 1 saturated heterocycles. The molecule has 37 heavy (non-hydrogen) atoms. The molecular weight excluding hydrogens is 489 g/mol. The van der Waals surface area contributed by atoms with Crippen LogP contribution in [0.4, 0.5) is 19.0 Å². The molecule has 4 rings (SSSR count). The van der Waals surface area contributed by atoms with Gasteiger partial charge in [-0.3, -0.25) is 9.59 Å². The zero-order valence-corrected chi connectivity index (χ0v) is 20.1. The number of ether oxygens (including phenoxy) is 1. The number of nitrogens with two attached hydrogens (primary N) is 1. The van der Waals surface area contributed by atoms with Crippen molar-refractivity contribution >= 4 is 17.6 Å². The third-order valence-electron chi connectivity index (χ3n) is 5.57. The number of carbonyl (C=O) groups is 2. The van der Waals surface area contributed by atoms with Gasteiger partial charge in [-0.05, 0) is 68.5 Å². The summed E-state index contributed by atoms with van der Waals surface area (Å²) >= 11 is 0. The Hall–Kier alpha value is -4.19. The van der Waals surface area contributed by atoms with Gasteiger partial charge in [0.15, 0.2) is 5.82 Å². The number of hydrogen-bond acceptors (Lipinski definition) is 7. The Labute approximate surface area is 210 Å². The fraction of sp³-hybridized carbons (Fsp3) is 0.280. The first-order valence-electron chi connectivity index (χ1n) is 11.4. The fourth-order valence-electron chi connectivity index (χ4n) is 3.85. The van der Waals surface area contributed by atoms with Crippen molar-refractivity contribution in [2.24, 2.45) is 5.73 Å². The van der Waals surface area contributed by atoms with Crippen LogP contribution >= 0.6 is 0 Å². The van der Waals surface area contributed by atoms with Crippen LogP contribution in [-0.4, -0.2) is 53.4 Å². The molecule has 12 heteroatoms. The molecule has 1 aliphatic heterocycles. The Kier molecular flexibility index (Phi) is 7.30. The molecule has 1 aliphatic rings. The highest BCUT2D eigenvalue weighted by molar-refractivity contribution is 5.92. The second-order valence-electron chi connectivity index (χ2n) is 8.78. The van der Waals surface area contributed by atoms with E-state index in [1.165, 1.54) is 18.2 Å². The minimum absolute atomic E-state index is 0.0215. The van der Waals surface area contributed by atoms with Gasteiger partial charge in [-0.2, -0.15) is 13.2 Å². The van der Waals surface area contributed by atoms with Crippen molar-refractivity contribution in [3.8, 4) is 22.9 Å². The molecule has 0 spiro atoms. The van der Waals surface area contributed by atoms with Crippen molar-refractivity contribution < 1.29 is 27.5 Å². The minimum Gasteiger partial charge on any atom is -0.457 e. The number of halogens is 3. The molecule has 1 aromatic heterocycles. The van der Waals surface area contributed by atoms with Gasteiger partial charge in [-0.1, -0.05) is 0 Å². The van der Waals surface area contributed by atoms with Crippen molar-refractivity contribution in [2.45, 2.75) is 25.2 Å². The predicted octanol–water partition coefficient (Wildman–Crippen LogP) is 3.42. The maximum atomic E-state index is 12.9. The van der Waals surface area contributed by atoms with E-state index in [0.717, 1.165) is 17.7 Å². The standard InChI is InChI=1S/C25H25F3N6O3/c1-34(2)13-14-11-17(37-16-5-3-15(4-6-16)25(26,27)28)7-8-18(14)23-32-20(22(29)35)12-21(33-23)31-19-9-10-30-24(19)36/h3-8,11-12,19H,9-10,13H2,1-2H3,(H2,29,35)(H,30,36)(H,31,32,33). The van der Waals surface area contributed by atoms with Crippen LogP contribution in [0.1, 0.15) is 28.0 Å². The van der Waals surface area contributed by atoms with Crippen LogP contribution in [0.3, 0.4) is 0 Å². The van der Waals surface area contributed by atoms with E-state index in [1.54, 1.807) is 18.2 Å². The average Bonchev–Trinajstić information content (AvgIpc) is 3.22. The molecule has 0 aliphatic carbocycles. The first-order chi connectivity index (χ1) is 17.5. The number of amides is 2. The molecule has 0 bridgehead atoms. The highest BCUT2D eigenvalue weighted by atomic mass is 19.4. The molecule has 3 aromatic rings. The molecule has 1 fully saturated rings.